The van der Waals surface area contributed by atoms with Crippen LogP contribution in [0.1, 0.15) is 24.5 Å². The fourth-order valence-electron chi connectivity index (χ4n) is 4.02. The molecule has 0 aliphatic rings. The lowest BCUT2D eigenvalue weighted by molar-refractivity contribution is -0.140. The van der Waals surface area contributed by atoms with Crippen LogP contribution >= 0.6 is 34.8 Å². The van der Waals surface area contributed by atoms with E-state index in [0.717, 1.165) is 4.31 Å². The molecule has 3 aromatic carbocycles. The summed E-state index contributed by atoms with van der Waals surface area (Å²) in [6.07, 6.45) is 0.273. The molecule has 0 saturated carbocycles. The molecular formula is C27H28Cl3N3O4S. The van der Waals surface area contributed by atoms with Crippen LogP contribution in [0.4, 0.5) is 5.69 Å². The van der Waals surface area contributed by atoms with E-state index in [-0.39, 0.29) is 23.5 Å². The Morgan fingerprint density at radius 1 is 0.947 bits per heavy atom. The molecule has 0 saturated heterocycles. The van der Waals surface area contributed by atoms with Crippen molar-refractivity contribution in [3.05, 3.63) is 92.9 Å². The van der Waals surface area contributed by atoms with Crippen LogP contribution in [-0.2, 0) is 26.2 Å². The van der Waals surface area contributed by atoms with Crippen molar-refractivity contribution in [2.45, 2.75) is 37.8 Å². The Bertz CT molecular complexity index is 1400. The first-order valence-corrected chi connectivity index (χ1v) is 14.4. The first-order valence-electron chi connectivity index (χ1n) is 11.8. The van der Waals surface area contributed by atoms with Gasteiger partial charge in [-0.2, -0.15) is 0 Å². The minimum Gasteiger partial charge on any atom is -0.357 e. The number of carbonyl (C=O) groups is 2. The van der Waals surface area contributed by atoms with Crippen molar-refractivity contribution in [2.75, 3.05) is 17.9 Å². The third kappa shape index (κ3) is 6.61. The zero-order valence-electron chi connectivity index (χ0n) is 21.1. The maximum atomic E-state index is 14.0. The number of sulfonamides is 1. The van der Waals surface area contributed by atoms with Crippen molar-refractivity contribution < 1.29 is 18.0 Å². The van der Waals surface area contributed by atoms with Gasteiger partial charge in [-0.05, 0) is 55.3 Å². The van der Waals surface area contributed by atoms with Crippen molar-refractivity contribution in [2.24, 2.45) is 0 Å². The highest BCUT2D eigenvalue weighted by Gasteiger charge is 2.34. The standard InChI is InChI=1S/C27H28Cl3N3O4S/c1-4-24(27(35)31-3)32(16-21-22(29)11-8-12-23(21)30)26(34)17-33(25-15-19(28)14-13-18(25)2)38(36,37)20-9-6-5-7-10-20/h5-15,24H,4,16-17H2,1-3H3,(H,31,35)/t24-/m0/s1. The van der Waals surface area contributed by atoms with Crippen LogP contribution in [0.25, 0.3) is 0 Å². The Balaban J connectivity index is 2.13. The van der Waals surface area contributed by atoms with Gasteiger partial charge >= 0.3 is 0 Å². The number of nitrogens with one attached hydrogen (secondary N) is 1. The van der Waals surface area contributed by atoms with Gasteiger partial charge in [-0.25, -0.2) is 8.42 Å². The molecule has 2 amide bonds. The minimum absolute atomic E-state index is 0.00576. The lowest BCUT2D eigenvalue weighted by Gasteiger charge is -2.33. The van der Waals surface area contributed by atoms with Gasteiger partial charge in [0.15, 0.2) is 0 Å². The molecule has 3 aromatic rings. The molecule has 1 atom stereocenters. The summed E-state index contributed by atoms with van der Waals surface area (Å²) in [6.45, 7) is 2.79. The van der Waals surface area contributed by atoms with Crippen LogP contribution in [0.15, 0.2) is 71.6 Å². The van der Waals surface area contributed by atoms with Crippen LogP contribution in [0, 0.1) is 6.92 Å². The summed E-state index contributed by atoms with van der Waals surface area (Å²) in [7, 11) is -2.73. The molecule has 0 radical (unpaired) electrons. The minimum atomic E-state index is -4.19. The van der Waals surface area contributed by atoms with Crippen molar-refractivity contribution in [3.63, 3.8) is 0 Å². The fourth-order valence-corrected chi connectivity index (χ4v) is 6.20. The number of rotatable bonds is 10. The van der Waals surface area contributed by atoms with Crippen LogP contribution in [-0.4, -0.2) is 44.8 Å². The second-order valence-corrected chi connectivity index (χ2v) is 11.6. The summed E-state index contributed by atoms with van der Waals surface area (Å²) < 4.78 is 28.7. The van der Waals surface area contributed by atoms with Gasteiger partial charge in [-0.3, -0.25) is 13.9 Å². The number of nitrogens with zero attached hydrogens (tertiary/aromatic N) is 2. The van der Waals surface area contributed by atoms with Crippen molar-refractivity contribution in [1.29, 1.82) is 0 Å². The van der Waals surface area contributed by atoms with Crippen LogP contribution in [0.5, 0.6) is 0 Å². The molecule has 11 heteroatoms. The van der Waals surface area contributed by atoms with E-state index in [1.165, 1.54) is 30.1 Å². The number of halogens is 3. The van der Waals surface area contributed by atoms with Crippen molar-refractivity contribution in [3.8, 4) is 0 Å². The van der Waals surface area contributed by atoms with E-state index in [4.69, 9.17) is 34.8 Å². The molecule has 0 aromatic heterocycles. The number of anilines is 1. The molecule has 0 heterocycles. The third-order valence-corrected chi connectivity index (χ3v) is 8.79. The summed E-state index contributed by atoms with van der Waals surface area (Å²) in [5.41, 5.74) is 1.29. The fraction of sp³-hybridized carbons (Fsp3) is 0.259. The number of aryl methyl sites for hydroxylation is 1. The van der Waals surface area contributed by atoms with E-state index in [9.17, 15) is 18.0 Å². The van der Waals surface area contributed by atoms with Gasteiger partial charge in [0.25, 0.3) is 10.0 Å². The number of hydrogen-bond acceptors (Lipinski definition) is 4. The first kappa shape index (κ1) is 29.8. The Hall–Kier alpha value is -2.78. The summed E-state index contributed by atoms with van der Waals surface area (Å²) in [4.78, 5) is 28.1. The average Bonchev–Trinajstić information content (AvgIpc) is 2.90. The summed E-state index contributed by atoms with van der Waals surface area (Å²) >= 11 is 19.0. The molecule has 7 nitrogen and oxygen atoms in total. The van der Waals surface area contributed by atoms with E-state index < -0.39 is 34.4 Å². The van der Waals surface area contributed by atoms with Crippen LogP contribution in [0.2, 0.25) is 15.1 Å². The second-order valence-electron chi connectivity index (χ2n) is 8.52. The Kier molecular flexibility index (Phi) is 10.1. The van der Waals surface area contributed by atoms with Gasteiger partial charge in [-0.1, -0.05) is 72.1 Å². The number of likely N-dealkylation sites (N-methyl/N-ethyl adjacent to an activating group) is 1. The van der Waals surface area contributed by atoms with E-state index in [1.807, 2.05) is 0 Å². The molecule has 202 valence electrons. The van der Waals surface area contributed by atoms with E-state index in [0.29, 0.717) is 26.2 Å². The Morgan fingerprint density at radius 3 is 2.16 bits per heavy atom. The molecule has 38 heavy (non-hydrogen) atoms. The highest BCUT2D eigenvalue weighted by Crippen LogP contribution is 2.31. The van der Waals surface area contributed by atoms with E-state index in [1.54, 1.807) is 62.4 Å². The molecule has 0 unspecified atom stereocenters. The van der Waals surface area contributed by atoms with Crippen molar-refractivity contribution >= 4 is 62.3 Å². The lowest BCUT2D eigenvalue weighted by Crippen LogP contribution is -2.52. The first-order chi connectivity index (χ1) is 18.0. The smallest absolute Gasteiger partial charge is 0.264 e. The molecule has 0 aliphatic carbocycles. The normalized spacial score (nSPS) is 12.1. The molecule has 0 spiro atoms. The van der Waals surface area contributed by atoms with Gasteiger partial charge in [0.2, 0.25) is 11.8 Å². The monoisotopic (exact) mass is 595 g/mol. The highest BCUT2D eigenvalue weighted by atomic mass is 35.5. The van der Waals surface area contributed by atoms with Crippen molar-refractivity contribution in [1.82, 2.24) is 10.2 Å². The zero-order valence-corrected chi connectivity index (χ0v) is 24.2. The van der Waals surface area contributed by atoms with Gasteiger partial charge in [0.05, 0.1) is 10.6 Å². The Labute approximate surface area is 238 Å². The summed E-state index contributed by atoms with van der Waals surface area (Å²) in [5.74, 6) is -1.02. The molecule has 0 fully saturated rings. The molecule has 0 bridgehead atoms. The predicted octanol–water partition coefficient (Wildman–Crippen LogP) is 5.70. The van der Waals surface area contributed by atoms with Gasteiger partial charge in [0, 0.05) is 34.2 Å². The highest BCUT2D eigenvalue weighted by molar-refractivity contribution is 7.92. The molecular weight excluding hydrogens is 569 g/mol. The number of amides is 2. The lowest BCUT2D eigenvalue weighted by atomic mass is 10.1. The largest absolute Gasteiger partial charge is 0.357 e. The van der Waals surface area contributed by atoms with Gasteiger partial charge in [0.1, 0.15) is 12.6 Å². The zero-order chi connectivity index (χ0) is 28.0. The average molecular weight is 597 g/mol. The van der Waals surface area contributed by atoms with Gasteiger partial charge in [-0.15, -0.1) is 0 Å². The maximum Gasteiger partial charge on any atom is 0.264 e. The second kappa shape index (κ2) is 12.8. The topological polar surface area (TPSA) is 86.8 Å². The Morgan fingerprint density at radius 2 is 1.58 bits per heavy atom. The van der Waals surface area contributed by atoms with Gasteiger partial charge < -0.3 is 10.2 Å². The van der Waals surface area contributed by atoms with Crippen LogP contribution < -0.4 is 9.62 Å². The maximum absolute atomic E-state index is 14.0. The summed E-state index contributed by atoms with van der Waals surface area (Å²) in [5, 5.41) is 3.53. The SMILES string of the molecule is CC[C@@H](C(=O)NC)N(Cc1c(Cl)cccc1Cl)C(=O)CN(c1cc(Cl)ccc1C)S(=O)(=O)c1ccccc1. The summed E-state index contributed by atoms with van der Waals surface area (Å²) in [6, 6.07) is 16.6. The van der Waals surface area contributed by atoms with E-state index in [2.05, 4.69) is 5.32 Å². The number of hydrogen-bond donors (Lipinski definition) is 1. The third-order valence-electron chi connectivity index (χ3n) is 6.07. The number of benzene rings is 3. The quantitative estimate of drug-likeness (QED) is 0.325. The van der Waals surface area contributed by atoms with E-state index >= 15 is 0 Å². The molecule has 1 N–H and O–H groups in total. The van der Waals surface area contributed by atoms with Crippen LogP contribution in [0.3, 0.4) is 0 Å². The molecule has 0 aliphatic heterocycles. The predicted molar refractivity (Wildman–Crippen MR) is 152 cm³/mol. The number of carbonyl (C=O) groups excluding carboxylic acids is 2. The molecule has 3 rings (SSSR count).